The molecular weight excluding hydrogens is 400 g/mol. The van der Waals surface area contributed by atoms with Gasteiger partial charge in [-0.1, -0.05) is 37.3 Å². The second kappa shape index (κ2) is 8.26. The van der Waals surface area contributed by atoms with Gasteiger partial charge in [0.25, 0.3) is 0 Å². The number of rotatable bonds is 6. The average molecular weight is 425 g/mol. The summed E-state index contributed by atoms with van der Waals surface area (Å²) in [5.41, 5.74) is 6.52. The van der Waals surface area contributed by atoms with E-state index in [1.54, 1.807) is 13.4 Å². The Labute approximate surface area is 186 Å². The highest BCUT2D eigenvalue weighted by Crippen LogP contribution is 2.38. The van der Waals surface area contributed by atoms with Crippen molar-refractivity contribution >= 4 is 10.9 Å². The Kier molecular flexibility index (Phi) is 5.15. The molecule has 0 spiro atoms. The molecule has 0 atom stereocenters. The summed E-state index contributed by atoms with van der Waals surface area (Å²) >= 11 is 0. The number of ether oxygens (including phenoxy) is 1. The zero-order valence-electron chi connectivity index (χ0n) is 18.4. The third-order valence-corrected chi connectivity index (χ3v) is 5.48. The molecule has 160 valence electrons. The van der Waals surface area contributed by atoms with Crippen LogP contribution in [0.5, 0.6) is 5.75 Å². The van der Waals surface area contributed by atoms with Crippen molar-refractivity contribution < 1.29 is 4.74 Å². The Hall–Kier alpha value is -4.00. The molecule has 0 aliphatic carbocycles. The molecule has 0 saturated heterocycles. The van der Waals surface area contributed by atoms with Crippen LogP contribution in [0.25, 0.3) is 44.5 Å². The first-order chi connectivity index (χ1) is 15.7. The smallest absolute Gasteiger partial charge is 0.128 e. The first kappa shape index (κ1) is 19.9. The lowest BCUT2D eigenvalue weighted by molar-refractivity contribution is 0.417. The lowest BCUT2D eigenvalue weighted by Gasteiger charge is -2.11. The Balaban J connectivity index is 1.72. The number of nitrogens with zero attached hydrogens (tertiary/aromatic N) is 6. The predicted molar refractivity (Wildman–Crippen MR) is 125 cm³/mol. The molecule has 0 unspecified atom stereocenters. The highest BCUT2D eigenvalue weighted by molar-refractivity contribution is 5.99. The quantitative estimate of drug-likeness (QED) is 0.384. The summed E-state index contributed by atoms with van der Waals surface area (Å²) in [6, 6.07) is 14.2. The highest BCUT2D eigenvalue weighted by atomic mass is 16.5. The minimum Gasteiger partial charge on any atom is -0.496 e. The van der Waals surface area contributed by atoms with Gasteiger partial charge in [0.05, 0.1) is 24.5 Å². The van der Waals surface area contributed by atoms with Gasteiger partial charge in [-0.2, -0.15) is 10.2 Å². The Bertz CT molecular complexity index is 1390. The fourth-order valence-corrected chi connectivity index (χ4v) is 4.02. The van der Waals surface area contributed by atoms with E-state index in [1.807, 2.05) is 53.1 Å². The van der Waals surface area contributed by atoms with Crippen molar-refractivity contribution in [2.45, 2.75) is 19.9 Å². The molecule has 5 rings (SSSR count). The van der Waals surface area contributed by atoms with E-state index in [-0.39, 0.29) is 0 Å². The van der Waals surface area contributed by atoms with Crippen LogP contribution in [0.1, 0.15) is 13.3 Å². The van der Waals surface area contributed by atoms with Crippen molar-refractivity contribution in [3.8, 4) is 39.4 Å². The van der Waals surface area contributed by atoms with E-state index < -0.39 is 0 Å². The second-order valence-electron chi connectivity index (χ2n) is 7.72. The van der Waals surface area contributed by atoms with Crippen molar-refractivity contribution in [3.05, 3.63) is 67.4 Å². The number of aryl methyl sites for hydroxylation is 2. The van der Waals surface area contributed by atoms with Gasteiger partial charge in [-0.3, -0.25) is 9.36 Å². The average Bonchev–Trinajstić information content (AvgIpc) is 3.45. The summed E-state index contributed by atoms with van der Waals surface area (Å²) in [6.45, 7) is 3.01. The molecule has 0 N–H and O–H groups in total. The SMILES string of the molecule is CCCn1cc(-c2cc3c(-c4cn(C)nc4-c4ccccc4)ncnc3cc2OC)cn1. The van der Waals surface area contributed by atoms with Gasteiger partial charge in [0.15, 0.2) is 0 Å². The Morgan fingerprint density at radius 3 is 2.56 bits per heavy atom. The van der Waals surface area contributed by atoms with Crippen LogP contribution in [0.2, 0.25) is 0 Å². The number of hydrogen-bond donors (Lipinski definition) is 0. The standard InChI is InChI=1S/C25H24N6O/c1-4-10-31-14-18(13-28-31)19-11-20-22(12-23(19)32-3)26-16-27-25(20)21-15-30(2)29-24(21)17-8-6-5-7-9-17/h5-9,11-16H,4,10H2,1-3H3. The molecule has 0 saturated carbocycles. The molecule has 2 aromatic carbocycles. The van der Waals surface area contributed by atoms with E-state index in [9.17, 15) is 0 Å². The van der Waals surface area contributed by atoms with Crippen LogP contribution in [-0.2, 0) is 13.6 Å². The molecule has 0 fully saturated rings. The fourth-order valence-electron chi connectivity index (χ4n) is 4.02. The lowest BCUT2D eigenvalue weighted by atomic mass is 9.99. The molecule has 0 aliphatic rings. The van der Waals surface area contributed by atoms with Gasteiger partial charge in [-0.15, -0.1) is 0 Å². The van der Waals surface area contributed by atoms with Crippen LogP contribution in [0.3, 0.4) is 0 Å². The van der Waals surface area contributed by atoms with E-state index in [0.717, 1.165) is 63.3 Å². The first-order valence-electron chi connectivity index (χ1n) is 10.6. The third kappa shape index (κ3) is 3.51. The lowest BCUT2D eigenvalue weighted by Crippen LogP contribution is -1.96. The van der Waals surface area contributed by atoms with Crippen LogP contribution in [0.4, 0.5) is 0 Å². The molecular formula is C25H24N6O. The number of methoxy groups -OCH3 is 1. The minimum absolute atomic E-state index is 0.757. The maximum Gasteiger partial charge on any atom is 0.128 e. The summed E-state index contributed by atoms with van der Waals surface area (Å²) in [5, 5.41) is 10.2. The first-order valence-corrected chi connectivity index (χ1v) is 10.6. The van der Waals surface area contributed by atoms with E-state index in [1.165, 1.54) is 0 Å². The molecule has 7 heteroatoms. The highest BCUT2D eigenvalue weighted by Gasteiger charge is 2.19. The Morgan fingerprint density at radius 1 is 0.938 bits per heavy atom. The van der Waals surface area contributed by atoms with Gasteiger partial charge in [-0.05, 0) is 12.5 Å². The van der Waals surface area contributed by atoms with Gasteiger partial charge in [0, 0.05) is 59.7 Å². The maximum atomic E-state index is 5.71. The van der Waals surface area contributed by atoms with Crippen LogP contribution in [0, 0.1) is 0 Å². The van der Waals surface area contributed by atoms with Crippen molar-refractivity contribution in [2.24, 2.45) is 7.05 Å². The van der Waals surface area contributed by atoms with Crippen molar-refractivity contribution in [3.63, 3.8) is 0 Å². The summed E-state index contributed by atoms with van der Waals surface area (Å²) in [7, 11) is 3.60. The van der Waals surface area contributed by atoms with Crippen molar-refractivity contribution in [2.75, 3.05) is 7.11 Å². The molecule has 3 aromatic heterocycles. The summed E-state index contributed by atoms with van der Waals surface area (Å²) in [6.07, 6.45) is 8.56. The predicted octanol–water partition coefficient (Wildman–Crippen LogP) is 4.98. The van der Waals surface area contributed by atoms with Crippen LogP contribution >= 0.6 is 0 Å². The molecule has 7 nitrogen and oxygen atoms in total. The maximum absolute atomic E-state index is 5.71. The molecule has 0 radical (unpaired) electrons. The van der Waals surface area contributed by atoms with Crippen LogP contribution in [0.15, 0.2) is 67.4 Å². The van der Waals surface area contributed by atoms with Crippen LogP contribution < -0.4 is 4.74 Å². The molecule has 0 amide bonds. The summed E-state index contributed by atoms with van der Waals surface area (Å²) in [5.74, 6) is 0.757. The molecule has 0 aliphatic heterocycles. The van der Waals surface area contributed by atoms with Crippen LogP contribution in [-0.4, -0.2) is 36.6 Å². The van der Waals surface area contributed by atoms with Gasteiger partial charge in [0.1, 0.15) is 17.8 Å². The zero-order valence-corrected chi connectivity index (χ0v) is 18.4. The van der Waals surface area contributed by atoms with E-state index >= 15 is 0 Å². The van der Waals surface area contributed by atoms with E-state index in [4.69, 9.17) is 9.84 Å². The third-order valence-electron chi connectivity index (χ3n) is 5.48. The van der Waals surface area contributed by atoms with E-state index in [0.29, 0.717) is 0 Å². The number of benzene rings is 2. The second-order valence-corrected chi connectivity index (χ2v) is 7.72. The molecule has 32 heavy (non-hydrogen) atoms. The summed E-state index contributed by atoms with van der Waals surface area (Å²) in [4.78, 5) is 9.19. The topological polar surface area (TPSA) is 70.7 Å². The molecule has 0 bridgehead atoms. The van der Waals surface area contributed by atoms with Gasteiger partial charge < -0.3 is 4.74 Å². The fraction of sp³-hybridized carbons (Fsp3) is 0.200. The molecule has 5 aromatic rings. The van der Waals surface area contributed by atoms with E-state index in [2.05, 4.69) is 46.4 Å². The normalized spacial score (nSPS) is 11.2. The Morgan fingerprint density at radius 2 is 1.78 bits per heavy atom. The minimum atomic E-state index is 0.757. The van der Waals surface area contributed by atoms with Crippen molar-refractivity contribution in [1.82, 2.24) is 29.5 Å². The zero-order chi connectivity index (χ0) is 22.1. The number of hydrogen-bond acceptors (Lipinski definition) is 5. The van der Waals surface area contributed by atoms with Crippen molar-refractivity contribution in [1.29, 1.82) is 0 Å². The number of fused-ring (bicyclic) bond motifs is 1. The molecule has 3 heterocycles. The van der Waals surface area contributed by atoms with Gasteiger partial charge in [0.2, 0.25) is 0 Å². The largest absolute Gasteiger partial charge is 0.496 e. The number of aromatic nitrogens is 6. The van der Waals surface area contributed by atoms with Gasteiger partial charge >= 0.3 is 0 Å². The van der Waals surface area contributed by atoms with Gasteiger partial charge in [-0.25, -0.2) is 9.97 Å². The monoisotopic (exact) mass is 424 g/mol. The summed E-state index contributed by atoms with van der Waals surface area (Å²) < 4.78 is 9.48.